The van der Waals surface area contributed by atoms with Gasteiger partial charge in [0.1, 0.15) is 17.5 Å². The second-order valence-electron chi connectivity index (χ2n) is 11.2. The lowest BCUT2D eigenvalue weighted by molar-refractivity contribution is -0.126. The lowest BCUT2D eigenvalue weighted by atomic mass is 9.94. The number of fused-ring (bicyclic) bond motifs is 1. The van der Waals surface area contributed by atoms with E-state index in [-0.39, 0.29) is 29.6 Å². The lowest BCUT2D eigenvalue weighted by Crippen LogP contribution is -2.55. The molecule has 3 rings (SSSR count). The predicted molar refractivity (Wildman–Crippen MR) is 139 cm³/mol. The molecule has 37 heavy (non-hydrogen) atoms. The zero-order chi connectivity index (χ0) is 27.7. The van der Waals surface area contributed by atoms with Gasteiger partial charge >= 0.3 is 6.09 Å². The summed E-state index contributed by atoms with van der Waals surface area (Å²) < 4.78 is 19.8. The van der Waals surface area contributed by atoms with Crippen LogP contribution in [0.25, 0.3) is 0 Å². The molecule has 3 amide bonds. The van der Waals surface area contributed by atoms with Gasteiger partial charge in [0.2, 0.25) is 5.91 Å². The van der Waals surface area contributed by atoms with Crippen LogP contribution in [0.3, 0.4) is 0 Å². The maximum Gasteiger partial charge on any atom is 0.408 e. The molecule has 0 saturated heterocycles. The molecule has 1 atom stereocenters. The first-order valence-corrected chi connectivity index (χ1v) is 12.1. The van der Waals surface area contributed by atoms with Crippen molar-refractivity contribution >= 4 is 35.1 Å². The fourth-order valence-electron chi connectivity index (χ4n) is 4.04. The van der Waals surface area contributed by atoms with Crippen LogP contribution in [0.15, 0.2) is 42.5 Å². The number of hydrogen-bond donors (Lipinski definition) is 1. The van der Waals surface area contributed by atoms with Crippen molar-refractivity contribution in [3.8, 4) is 0 Å². The van der Waals surface area contributed by atoms with Gasteiger partial charge in [-0.2, -0.15) is 0 Å². The van der Waals surface area contributed by atoms with E-state index in [2.05, 4.69) is 5.32 Å². The summed E-state index contributed by atoms with van der Waals surface area (Å²) in [6, 6.07) is 9.41. The lowest BCUT2D eigenvalue weighted by Gasteiger charge is -2.31. The van der Waals surface area contributed by atoms with E-state index in [1.807, 2.05) is 0 Å². The summed E-state index contributed by atoms with van der Waals surface area (Å²) in [5.41, 5.74) is -0.208. The Kier molecular flexibility index (Phi) is 7.76. The summed E-state index contributed by atoms with van der Waals surface area (Å²) in [5, 5.41) is 2.55. The fourth-order valence-corrected chi connectivity index (χ4v) is 4.04. The van der Waals surface area contributed by atoms with Crippen LogP contribution in [-0.4, -0.2) is 48.4 Å². The standard InChI is InChI=1S/C28H34FN3O5/c1-17-10-8-9-11-19(17)23(33)16-31-22-14-18(29)12-13-21(22)32(25(35)27(2,3)4)15-20(24(31)34)30-26(36)37-28(5,6)7/h8-14,20H,15-16H2,1-7H3,(H,30,36). The van der Waals surface area contributed by atoms with Crippen LogP contribution in [0.5, 0.6) is 0 Å². The highest BCUT2D eigenvalue weighted by Gasteiger charge is 2.41. The summed E-state index contributed by atoms with van der Waals surface area (Å²) in [4.78, 5) is 55.7. The van der Waals surface area contributed by atoms with Gasteiger partial charge in [-0.25, -0.2) is 9.18 Å². The molecular formula is C28H34FN3O5. The van der Waals surface area contributed by atoms with Crippen molar-refractivity contribution in [2.45, 2.75) is 60.1 Å². The third kappa shape index (κ3) is 6.53. The van der Waals surface area contributed by atoms with Crippen molar-refractivity contribution in [1.82, 2.24) is 5.32 Å². The predicted octanol–water partition coefficient (Wildman–Crippen LogP) is 4.64. The molecular weight excluding hydrogens is 477 g/mol. The van der Waals surface area contributed by atoms with E-state index in [4.69, 9.17) is 4.74 Å². The van der Waals surface area contributed by atoms with E-state index < -0.39 is 41.4 Å². The third-order valence-corrected chi connectivity index (χ3v) is 5.77. The summed E-state index contributed by atoms with van der Waals surface area (Å²) in [7, 11) is 0. The Hall–Kier alpha value is -3.75. The largest absolute Gasteiger partial charge is 0.444 e. The first-order chi connectivity index (χ1) is 17.1. The zero-order valence-corrected chi connectivity index (χ0v) is 22.3. The summed E-state index contributed by atoms with van der Waals surface area (Å²) in [6.07, 6.45) is -0.851. The number of anilines is 2. The Labute approximate surface area is 216 Å². The van der Waals surface area contributed by atoms with E-state index in [1.54, 1.807) is 72.7 Å². The van der Waals surface area contributed by atoms with Crippen LogP contribution < -0.4 is 15.1 Å². The van der Waals surface area contributed by atoms with Gasteiger partial charge in [0.25, 0.3) is 5.91 Å². The van der Waals surface area contributed by atoms with Crippen LogP contribution in [0, 0.1) is 18.2 Å². The first-order valence-electron chi connectivity index (χ1n) is 12.1. The molecule has 1 aliphatic heterocycles. The van der Waals surface area contributed by atoms with E-state index in [0.717, 1.165) is 16.5 Å². The minimum Gasteiger partial charge on any atom is -0.444 e. The number of amides is 3. The topological polar surface area (TPSA) is 96.0 Å². The monoisotopic (exact) mass is 511 g/mol. The smallest absolute Gasteiger partial charge is 0.408 e. The van der Waals surface area contributed by atoms with Crippen LogP contribution >= 0.6 is 0 Å². The number of carbonyl (C=O) groups excluding carboxylic acids is 4. The van der Waals surface area contributed by atoms with Gasteiger partial charge in [0, 0.05) is 11.0 Å². The van der Waals surface area contributed by atoms with Gasteiger partial charge in [0.15, 0.2) is 5.78 Å². The van der Waals surface area contributed by atoms with Crippen molar-refractivity contribution in [3.05, 3.63) is 59.4 Å². The van der Waals surface area contributed by atoms with Crippen molar-refractivity contribution < 1.29 is 28.3 Å². The SMILES string of the molecule is Cc1ccccc1C(=O)CN1C(=O)C(NC(=O)OC(C)(C)C)CN(C(=O)C(C)(C)C)c2ccc(F)cc21. The maximum absolute atomic E-state index is 14.5. The van der Waals surface area contributed by atoms with Gasteiger partial charge in [-0.1, -0.05) is 45.0 Å². The van der Waals surface area contributed by atoms with Crippen molar-refractivity contribution in [3.63, 3.8) is 0 Å². The molecule has 0 radical (unpaired) electrons. The third-order valence-electron chi connectivity index (χ3n) is 5.77. The number of halogens is 1. The number of ketones is 1. The number of alkyl carbamates (subject to hydrolysis) is 1. The summed E-state index contributed by atoms with van der Waals surface area (Å²) in [5.74, 6) is -2.00. The second kappa shape index (κ2) is 10.3. The highest BCUT2D eigenvalue weighted by atomic mass is 19.1. The minimum atomic E-state index is -1.25. The molecule has 1 aliphatic rings. The molecule has 0 fully saturated rings. The molecule has 1 unspecified atom stereocenters. The number of rotatable bonds is 4. The van der Waals surface area contributed by atoms with Gasteiger partial charge in [-0.05, 0) is 51.5 Å². The minimum absolute atomic E-state index is 0.0676. The molecule has 8 nitrogen and oxygen atoms in total. The Morgan fingerprint density at radius 1 is 1.03 bits per heavy atom. The normalized spacial score (nSPS) is 16.1. The quantitative estimate of drug-likeness (QED) is 0.604. The second-order valence-corrected chi connectivity index (χ2v) is 11.2. The Balaban J connectivity index is 2.12. The number of Topliss-reactive ketones (excluding diaryl/α,β-unsaturated/α-hetero) is 1. The first kappa shape index (κ1) is 27.8. The van der Waals surface area contributed by atoms with Crippen LogP contribution in [0.1, 0.15) is 57.5 Å². The van der Waals surface area contributed by atoms with E-state index in [0.29, 0.717) is 5.56 Å². The average molecular weight is 512 g/mol. The average Bonchev–Trinajstić information content (AvgIpc) is 2.87. The van der Waals surface area contributed by atoms with Crippen LogP contribution in [0.4, 0.5) is 20.6 Å². The molecule has 0 aliphatic carbocycles. The molecule has 2 aromatic carbocycles. The molecule has 0 bridgehead atoms. The number of nitrogens with one attached hydrogen (secondary N) is 1. The number of carbonyl (C=O) groups is 4. The number of benzene rings is 2. The zero-order valence-electron chi connectivity index (χ0n) is 22.3. The molecule has 9 heteroatoms. The highest BCUT2D eigenvalue weighted by molar-refractivity contribution is 6.12. The number of aryl methyl sites for hydroxylation is 1. The van der Waals surface area contributed by atoms with Crippen molar-refractivity contribution in [2.24, 2.45) is 5.41 Å². The Morgan fingerprint density at radius 2 is 1.68 bits per heavy atom. The van der Waals surface area contributed by atoms with Gasteiger partial charge < -0.3 is 19.9 Å². The summed E-state index contributed by atoms with van der Waals surface area (Å²) in [6.45, 7) is 11.4. The van der Waals surface area contributed by atoms with Crippen molar-refractivity contribution in [2.75, 3.05) is 22.9 Å². The molecule has 1 heterocycles. The molecule has 1 N–H and O–H groups in total. The Morgan fingerprint density at radius 3 is 2.27 bits per heavy atom. The Bertz CT molecular complexity index is 1230. The summed E-state index contributed by atoms with van der Waals surface area (Å²) >= 11 is 0. The van der Waals surface area contributed by atoms with Gasteiger partial charge in [-0.3, -0.25) is 14.4 Å². The molecule has 0 spiro atoms. The molecule has 0 saturated carbocycles. The maximum atomic E-state index is 14.5. The number of hydrogen-bond acceptors (Lipinski definition) is 5. The van der Waals surface area contributed by atoms with E-state index in [9.17, 15) is 23.6 Å². The number of nitrogens with zero attached hydrogens (tertiary/aromatic N) is 2. The van der Waals surface area contributed by atoms with E-state index >= 15 is 0 Å². The highest BCUT2D eigenvalue weighted by Crippen LogP contribution is 2.36. The van der Waals surface area contributed by atoms with Gasteiger partial charge in [-0.15, -0.1) is 0 Å². The van der Waals surface area contributed by atoms with E-state index in [1.165, 1.54) is 17.0 Å². The molecule has 198 valence electrons. The molecule has 2 aromatic rings. The van der Waals surface area contributed by atoms with Gasteiger partial charge in [0.05, 0.1) is 24.5 Å². The molecule has 0 aromatic heterocycles. The number of ether oxygens (including phenoxy) is 1. The fraction of sp³-hybridized carbons (Fsp3) is 0.429. The van der Waals surface area contributed by atoms with Crippen molar-refractivity contribution in [1.29, 1.82) is 0 Å². The van der Waals surface area contributed by atoms with Crippen LogP contribution in [-0.2, 0) is 14.3 Å². The van der Waals surface area contributed by atoms with Crippen LogP contribution in [0.2, 0.25) is 0 Å².